The van der Waals surface area contributed by atoms with Gasteiger partial charge in [0.25, 0.3) is 0 Å². The molecule has 0 aromatic heterocycles. The Hall–Kier alpha value is -5.24. The average molecular weight is 480 g/mol. The summed E-state index contributed by atoms with van der Waals surface area (Å²) in [6.45, 7) is 0. The predicted octanol–water partition coefficient (Wildman–Crippen LogP) is 5.30. The molecule has 0 aliphatic carbocycles. The van der Waals surface area contributed by atoms with Gasteiger partial charge in [0.05, 0.1) is 22.5 Å². The first-order valence-electron chi connectivity index (χ1n) is 10.8. The molecule has 0 unspecified atom stereocenters. The molecule has 5 aromatic carbocycles. The van der Waals surface area contributed by atoms with Crippen LogP contribution in [0, 0.1) is 0 Å². The van der Waals surface area contributed by atoms with E-state index in [4.69, 9.17) is 11.5 Å². The van der Waals surface area contributed by atoms with E-state index in [0.717, 1.165) is 21.5 Å². The summed E-state index contributed by atoms with van der Waals surface area (Å²) in [6, 6.07) is 20.4. The highest BCUT2D eigenvalue weighted by Crippen LogP contribution is 2.46. The van der Waals surface area contributed by atoms with Gasteiger partial charge in [-0.15, -0.1) is 0 Å². The van der Waals surface area contributed by atoms with Crippen molar-refractivity contribution < 1.29 is 30.0 Å². The van der Waals surface area contributed by atoms with Crippen LogP contribution in [0.3, 0.4) is 0 Å². The van der Waals surface area contributed by atoms with Gasteiger partial charge < -0.3 is 31.9 Å². The molecule has 36 heavy (non-hydrogen) atoms. The van der Waals surface area contributed by atoms with Crippen LogP contribution >= 0.6 is 0 Å². The third-order valence-corrected chi connectivity index (χ3v) is 6.29. The van der Waals surface area contributed by atoms with E-state index < -0.39 is 11.9 Å². The number of aromatic carboxylic acids is 2. The van der Waals surface area contributed by atoms with Crippen molar-refractivity contribution in [3.8, 4) is 33.8 Å². The number of carboxylic acid groups (broad SMARTS) is 2. The third-order valence-electron chi connectivity index (χ3n) is 6.29. The SMILES string of the molecule is Nc1c(O)cc(-c2c3ccccc3c(-c3cc(O)c(N)c(C(=O)O)c3)c3ccccc23)cc1C(=O)O. The molecule has 0 bridgehead atoms. The maximum atomic E-state index is 11.8. The van der Waals surface area contributed by atoms with E-state index in [0.29, 0.717) is 22.3 Å². The molecule has 8 N–H and O–H groups in total. The summed E-state index contributed by atoms with van der Waals surface area (Å²) in [5.41, 5.74) is 12.9. The highest BCUT2D eigenvalue weighted by atomic mass is 16.4. The molecule has 5 aromatic rings. The minimum atomic E-state index is -1.27. The number of phenolic OH excluding ortho intramolecular Hbond substituents is 2. The summed E-state index contributed by atoms with van der Waals surface area (Å²) in [5.74, 6) is -3.24. The van der Waals surface area contributed by atoms with Gasteiger partial charge in [0.2, 0.25) is 0 Å². The number of nitrogen functional groups attached to an aromatic ring is 2. The molecule has 0 amide bonds. The average Bonchev–Trinajstić information content (AvgIpc) is 2.85. The van der Waals surface area contributed by atoms with Crippen LogP contribution in [0.25, 0.3) is 43.8 Å². The Morgan fingerprint density at radius 1 is 0.556 bits per heavy atom. The zero-order chi connectivity index (χ0) is 25.7. The molecule has 0 fully saturated rings. The number of benzene rings is 5. The maximum absolute atomic E-state index is 11.8. The van der Waals surface area contributed by atoms with E-state index in [1.807, 2.05) is 48.5 Å². The van der Waals surface area contributed by atoms with Crippen molar-refractivity contribution >= 4 is 44.9 Å². The van der Waals surface area contributed by atoms with Crippen LogP contribution in [0.5, 0.6) is 11.5 Å². The van der Waals surface area contributed by atoms with Crippen molar-refractivity contribution in [2.75, 3.05) is 11.5 Å². The lowest BCUT2D eigenvalue weighted by atomic mass is 9.85. The molecule has 0 radical (unpaired) electrons. The summed E-state index contributed by atoms with van der Waals surface area (Å²) in [6.07, 6.45) is 0. The number of hydrogen-bond acceptors (Lipinski definition) is 6. The molecule has 0 heterocycles. The van der Waals surface area contributed by atoms with E-state index >= 15 is 0 Å². The lowest BCUT2D eigenvalue weighted by Crippen LogP contribution is -2.04. The number of rotatable bonds is 4. The number of anilines is 2. The molecule has 0 aliphatic rings. The van der Waals surface area contributed by atoms with E-state index in [2.05, 4.69) is 0 Å². The van der Waals surface area contributed by atoms with Crippen LogP contribution in [0.2, 0.25) is 0 Å². The number of phenols is 2. The van der Waals surface area contributed by atoms with Crippen molar-refractivity contribution in [1.29, 1.82) is 0 Å². The molecule has 5 rings (SSSR count). The lowest BCUT2D eigenvalue weighted by Gasteiger charge is -2.19. The van der Waals surface area contributed by atoms with E-state index in [1.165, 1.54) is 24.3 Å². The van der Waals surface area contributed by atoms with E-state index in [-0.39, 0.29) is 34.0 Å². The summed E-state index contributed by atoms with van der Waals surface area (Å²) in [7, 11) is 0. The van der Waals surface area contributed by atoms with Crippen molar-refractivity contribution in [3.05, 3.63) is 83.9 Å². The first-order valence-corrected chi connectivity index (χ1v) is 10.8. The topological polar surface area (TPSA) is 167 Å². The Bertz CT molecular complexity index is 1560. The molecule has 8 nitrogen and oxygen atoms in total. The highest BCUT2D eigenvalue weighted by molar-refractivity contribution is 6.22. The van der Waals surface area contributed by atoms with Gasteiger partial charge in [0.15, 0.2) is 0 Å². The second-order valence-electron chi connectivity index (χ2n) is 8.36. The van der Waals surface area contributed by atoms with Crippen molar-refractivity contribution in [3.63, 3.8) is 0 Å². The first-order chi connectivity index (χ1) is 17.2. The van der Waals surface area contributed by atoms with Gasteiger partial charge in [-0.25, -0.2) is 9.59 Å². The second kappa shape index (κ2) is 8.21. The standard InChI is InChI=1S/C28H20N2O6/c29-25-19(27(33)34)9-13(11-21(25)31)23-15-5-1-2-6-16(15)24(18-8-4-3-7-17(18)23)14-10-20(28(35)36)26(30)22(32)12-14/h1-12,31-32H,29-30H2,(H,33,34)(H,35,36). The smallest absolute Gasteiger partial charge is 0.337 e. The van der Waals surface area contributed by atoms with Gasteiger partial charge in [-0.2, -0.15) is 0 Å². The molecule has 0 saturated heterocycles. The quantitative estimate of drug-likeness (QED) is 0.114. The Balaban J connectivity index is 1.96. The van der Waals surface area contributed by atoms with Crippen molar-refractivity contribution in [1.82, 2.24) is 0 Å². The molecule has 178 valence electrons. The minimum Gasteiger partial charge on any atom is -0.506 e. The van der Waals surface area contributed by atoms with Gasteiger partial charge in [0, 0.05) is 0 Å². The molecule has 0 spiro atoms. The normalized spacial score (nSPS) is 11.1. The number of carbonyl (C=O) groups is 2. The fraction of sp³-hybridized carbons (Fsp3) is 0. The van der Waals surface area contributed by atoms with Crippen LogP contribution in [-0.4, -0.2) is 32.4 Å². The fourth-order valence-corrected chi connectivity index (χ4v) is 4.67. The summed E-state index contributed by atoms with van der Waals surface area (Å²) >= 11 is 0. The van der Waals surface area contributed by atoms with Crippen LogP contribution in [0.1, 0.15) is 20.7 Å². The minimum absolute atomic E-state index is 0.225. The van der Waals surface area contributed by atoms with Crippen LogP contribution < -0.4 is 11.5 Å². The van der Waals surface area contributed by atoms with Gasteiger partial charge in [-0.3, -0.25) is 0 Å². The Labute approximate surface area is 204 Å². The zero-order valence-electron chi connectivity index (χ0n) is 18.7. The maximum Gasteiger partial charge on any atom is 0.337 e. The van der Waals surface area contributed by atoms with E-state index in [1.54, 1.807) is 0 Å². The highest BCUT2D eigenvalue weighted by Gasteiger charge is 2.22. The van der Waals surface area contributed by atoms with Crippen molar-refractivity contribution in [2.24, 2.45) is 0 Å². The van der Waals surface area contributed by atoms with Crippen LogP contribution in [0.15, 0.2) is 72.8 Å². The first kappa shape index (κ1) is 22.5. The monoisotopic (exact) mass is 480 g/mol. The fourth-order valence-electron chi connectivity index (χ4n) is 4.67. The number of hydrogen-bond donors (Lipinski definition) is 6. The van der Waals surface area contributed by atoms with Gasteiger partial charge in [-0.05, 0) is 68.1 Å². The third kappa shape index (κ3) is 3.40. The van der Waals surface area contributed by atoms with Gasteiger partial charge >= 0.3 is 11.9 Å². The van der Waals surface area contributed by atoms with Crippen LogP contribution in [-0.2, 0) is 0 Å². The predicted molar refractivity (Wildman–Crippen MR) is 138 cm³/mol. The molecular formula is C28H20N2O6. The largest absolute Gasteiger partial charge is 0.506 e. The Morgan fingerprint density at radius 2 is 0.861 bits per heavy atom. The Kier molecular flexibility index (Phi) is 5.14. The van der Waals surface area contributed by atoms with E-state index in [9.17, 15) is 30.0 Å². The van der Waals surface area contributed by atoms with Crippen LogP contribution in [0.4, 0.5) is 11.4 Å². The number of nitrogens with two attached hydrogens (primary N) is 2. The number of aromatic hydroxyl groups is 2. The summed E-state index contributed by atoms with van der Waals surface area (Å²) < 4.78 is 0. The van der Waals surface area contributed by atoms with Crippen molar-refractivity contribution in [2.45, 2.75) is 0 Å². The van der Waals surface area contributed by atoms with Gasteiger partial charge in [0.1, 0.15) is 11.5 Å². The molecule has 8 heteroatoms. The second-order valence-corrected chi connectivity index (χ2v) is 8.36. The zero-order valence-corrected chi connectivity index (χ0v) is 18.7. The molecule has 0 aliphatic heterocycles. The number of fused-ring (bicyclic) bond motifs is 2. The summed E-state index contributed by atoms with van der Waals surface area (Å²) in [4.78, 5) is 23.6. The molecular weight excluding hydrogens is 460 g/mol. The molecule has 0 saturated carbocycles. The van der Waals surface area contributed by atoms with Gasteiger partial charge in [-0.1, -0.05) is 48.5 Å². The lowest BCUT2D eigenvalue weighted by molar-refractivity contribution is 0.0687. The molecule has 0 atom stereocenters. The Morgan fingerprint density at radius 3 is 1.14 bits per heavy atom. The number of carboxylic acids is 2. The summed E-state index contributed by atoms with van der Waals surface area (Å²) in [5, 5.41) is 43.0.